The van der Waals surface area contributed by atoms with E-state index in [1.54, 1.807) is 0 Å². The zero-order chi connectivity index (χ0) is 12.0. The zero-order valence-corrected chi connectivity index (χ0v) is 9.69. The minimum atomic E-state index is -0.348. The summed E-state index contributed by atoms with van der Waals surface area (Å²) in [5.74, 6) is 0.449. The smallest absolute Gasteiger partial charge is 0.220 e. The van der Waals surface area contributed by atoms with Crippen molar-refractivity contribution in [1.29, 1.82) is 0 Å². The van der Waals surface area contributed by atoms with Gasteiger partial charge in [0.05, 0.1) is 13.0 Å². The van der Waals surface area contributed by atoms with Crippen LogP contribution in [0.2, 0.25) is 0 Å². The lowest BCUT2D eigenvalue weighted by Crippen LogP contribution is -2.17. The van der Waals surface area contributed by atoms with Gasteiger partial charge in [0, 0.05) is 11.6 Å². The average molecular weight is 222 g/mol. The van der Waals surface area contributed by atoms with Crippen molar-refractivity contribution in [2.24, 2.45) is 5.73 Å². The second kappa shape index (κ2) is 6.12. The Hall–Kier alpha value is -1.55. The van der Waals surface area contributed by atoms with Gasteiger partial charge in [-0.25, -0.2) is 0 Å². The molecule has 0 bridgehead atoms. The highest BCUT2D eigenvalue weighted by Crippen LogP contribution is 2.24. The normalized spacial score (nSPS) is 12.1. The number of hydrogen-bond acceptors (Lipinski definition) is 3. The van der Waals surface area contributed by atoms with Gasteiger partial charge in [0.25, 0.3) is 0 Å². The number of para-hydroxylation sites is 1. The molecule has 1 unspecified atom stereocenters. The predicted molar refractivity (Wildman–Crippen MR) is 63.2 cm³/mol. The Morgan fingerprint density at radius 1 is 1.50 bits per heavy atom. The molecular formula is C12H18N2O2. The molecule has 0 radical (unpaired) electrons. The molecule has 1 aromatic rings. The number of carbonyl (C=O) groups is 1. The van der Waals surface area contributed by atoms with Gasteiger partial charge in [0.2, 0.25) is 5.91 Å². The SMILES string of the molecule is CNC(C)c1ccccc1OCCC(N)=O. The van der Waals surface area contributed by atoms with E-state index in [9.17, 15) is 4.79 Å². The van der Waals surface area contributed by atoms with Crippen LogP contribution in [0, 0.1) is 0 Å². The molecule has 1 atom stereocenters. The Balaban J connectivity index is 2.67. The van der Waals surface area contributed by atoms with Gasteiger partial charge in [0.1, 0.15) is 5.75 Å². The highest BCUT2D eigenvalue weighted by atomic mass is 16.5. The molecule has 4 heteroatoms. The summed E-state index contributed by atoms with van der Waals surface area (Å²) in [7, 11) is 1.89. The third kappa shape index (κ3) is 3.55. The minimum Gasteiger partial charge on any atom is -0.493 e. The molecule has 1 amide bonds. The van der Waals surface area contributed by atoms with Crippen molar-refractivity contribution in [3.8, 4) is 5.75 Å². The van der Waals surface area contributed by atoms with Crippen molar-refractivity contribution in [2.75, 3.05) is 13.7 Å². The van der Waals surface area contributed by atoms with E-state index in [1.165, 1.54) is 0 Å². The highest BCUT2D eigenvalue weighted by molar-refractivity contribution is 5.73. The lowest BCUT2D eigenvalue weighted by atomic mass is 10.1. The van der Waals surface area contributed by atoms with Gasteiger partial charge >= 0.3 is 0 Å². The van der Waals surface area contributed by atoms with Crippen LogP contribution in [0.4, 0.5) is 0 Å². The first-order chi connectivity index (χ1) is 7.65. The van der Waals surface area contributed by atoms with Gasteiger partial charge in [-0.3, -0.25) is 4.79 Å². The van der Waals surface area contributed by atoms with Crippen molar-refractivity contribution < 1.29 is 9.53 Å². The molecule has 16 heavy (non-hydrogen) atoms. The number of benzene rings is 1. The van der Waals surface area contributed by atoms with Crippen molar-refractivity contribution >= 4 is 5.91 Å². The fourth-order valence-corrected chi connectivity index (χ4v) is 1.39. The number of nitrogens with two attached hydrogens (primary N) is 1. The molecule has 0 aliphatic rings. The number of amides is 1. The molecule has 0 aromatic heterocycles. The van der Waals surface area contributed by atoms with E-state index in [1.807, 2.05) is 31.3 Å². The van der Waals surface area contributed by atoms with E-state index in [4.69, 9.17) is 10.5 Å². The van der Waals surface area contributed by atoms with Crippen LogP contribution in [0.5, 0.6) is 5.75 Å². The van der Waals surface area contributed by atoms with Gasteiger partial charge in [-0.05, 0) is 20.0 Å². The number of ether oxygens (including phenoxy) is 1. The first kappa shape index (κ1) is 12.5. The van der Waals surface area contributed by atoms with Crippen LogP contribution in [0.1, 0.15) is 24.9 Å². The van der Waals surface area contributed by atoms with Crippen LogP contribution in [-0.4, -0.2) is 19.6 Å². The maximum atomic E-state index is 10.6. The fourth-order valence-electron chi connectivity index (χ4n) is 1.39. The van der Waals surface area contributed by atoms with E-state index in [0.717, 1.165) is 11.3 Å². The quantitative estimate of drug-likeness (QED) is 0.760. The van der Waals surface area contributed by atoms with Crippen LogP contribution in [0.3, 0.4) is 0 Å². The molecule has 0 aliphatic carbocycles. The van der Waals surface area contributed by atoms with Gasteiger partial charge in [-0.2, -0.15) is 0 Å². The highest BCUT2D eigenvalue weighted by Gasteiger charge is 2.09. The molecule has 1 rings (SSSR count). The Kier molecular flexibility index (Phi) is 4.79. The third-order valence-corrected chi connectivity index (χ3v) is 2.42. The second-order valence-corrected chi connectivity index (χ2v) is 3.61. The number of carbonyl (C=O) groups excluding carboxylic acids is 1. The van der Waals surface area contributed by atoms with Gasteiger partial charge in [-0.15, -0.1) is 0 Å². The number of nitrogens with one attached hydrogen (secondary N) is 1. The predicted octanol–water partition coefficient (Wildman–Crippen LogP) is 1.22. The van der Waals surface area contributed by atoms with Gasteiger partial charge in [0.15, 0.2) is 0 Å². The summed E-state index contributed by atoms with van der Waals surface area (Å²) in [6, 6.07) is 7.98. The Labute approximate surface area is 95.8 Å². The van der Waals surface area contributed by atoms with E-state index >= 15 is 0 Å². The number of hydrogen-bond donors (Lipinski definition) is 2. The summed E-state index contributed by atoms with van der Waals surface area (Å²) < 4.78 is 5.53. The molecule has 0 aliphatic heterocycles. The van der Waals surface area contributed by atoms with Crippen molar-refractivity contribution in [2.45, 2.75) is 19.4 Å². The molecule has 0 saturated carbocycles. The first-order valence-electron chi connectivity index (χ1n) is 5.32. The monoisotopic (exact) mass is 222 g/mol. The van der Waals surface area contributed by atoms with E-state index in [2.05, 4.69) is 12.2 Å². The van der Waals surface area contributed by atoms with Crippen LogP contribution in [-0.2, 0) is 4.79 Å². The molecule has 0 saturated heterocycles. The fraction of sp³-hybridized carbons (Fsp3) is 0.417. The maximum absolute atomic E-state index is 10.6. The molecule has 0 fully saturated rings. The van der Waals surface area contributed by atoms with Crippen molar-refractivity contribution in [3.05, 3.63) is 29.8 Å². The molecule has 0 heterocycles. The summed E-state index contributed by atoms with van der Waals surface area (Å²) in [6.07, 6.45) is 0.238. The summed E-state index contributed by atoms with van der Waals surface area (Å²) in [4.78, 5) is 10.6. The van der Waals surface area contributed by atoms with Gasteiger partial charge < -0.3 is 15.8 Å². The summed E-state index contributed by atoms with van der Waals surface area (Å²) >= 11 is 0. The lowest BCUT2D eigenvalue weighted by Gasteiger charge is -2.15. The average Bonchev–Trinajstić information content (AvgIpc) is 2.28. The van der Waals surface area contributed by atoms with Crippen LogP contribution in [0.25, 0.3) is 0 Å². The number of primary amides is 1. The van der Waals surface area contributed by atoms with Crippen molar-refractivity contribution in [3.63, 3.8) is 0 Å². The summed E-state index contributed by atoms with van der Waals surface area (Å²) in [5.41, 5.74) is 6.13. The summed E-state index contributed by atoms with van der Waals surface area (Å²) in [6.45, 7) is 2.37. The van der Waals surface area contributed by atoms with Crippen molar-refractivity contribution in [1.82, 2.24) is 5.32 Å². The van der Waals surface area contributed by atoms with Gasteiger partial charge in [-0.1, -0.05) is 18.2 Å². The molecule has 3 N–H and O–H groups in total. The summed E-state index contributed by atoms with van der Waals surface area (Å²) in [5, 5.41) is 3.15. The standard InChI is InChI=1S/C12H18N2O2/c1-9(14-2)10-5-3-4-6-11(10)16-8-7-12(13)15/h3-6,9,14H,7-8H2,1-2H3,(H2,13,15). The minimum absolute atomic E-state index is 0.213. The first-order valence-corrected chi connectivity index (χ1v) is 5.32. The molecule has 4 nitrogen and oxygen atoms in total. The Bertz CT molecular complexity index is 353. The van der Waals surface area contributed by atoms with E-state index in [-0.39, 0.29) is 18.4 Å². The maximum Gasteiger partial charge on any atom is 0.220 e. The topological polar surface area (TPSA) is 64.3 Å². The molecule has 1 aromatic carbocycles. The molecular weight excluding hydrogens is 204 g/mol. The molecule has 0 spiro atoms. The van der Waals surface area contributed by atoms with E-state index in [0.29, 0.717) is 6.61 Å². The number of rotatable bonds is 6. The molecule has 88 valence electrons. The van der Waals surface area contributed by atoms with Crippen LogP contribution >= 0.6 is 0 Å². The lowest BCUT2D eigenvalue weighted by molar-refractivity contribution is -0.118. The Morgan fingerprint density at radius 3 is 2.81 bits per heavy atom. The Morgan fingerprint density at radius 2 is 2.19 bits per heavy atom. The third-order valence-electron chi connectivity index (χ3n) is 2.42. The zero-order valence-electron chi connectivity index (χ0n) is 9.69. The second-order valence-electron chi connectivity index (χ2n) is 3.61. The van der Waals surface area contributed by atoms with Crippen LogP contribution in [0.15, 0.2) is 24.3 Å². The van der Waals surface area contributed by atoms with Crippen LogP contribution < -0.4 is 15.8 Å². The largest absolute Gasteiger partial charge is 0.493 e. The van der Waals surface area contributed by atoms with E-state index < -0.39 is 0 Å².